The fraction of sp³-hybridized carbons (Fsp3) is 0.214. The van der Waals surface area contributed by atoms with Gasteiger partial charge in [0.05, 0.1) is 25.3 Å². The van der Waals surface area contributed by atoms with Crippen LogP contribution in [0.3, 0.4) is 0 Å². The van der Waals surface area contributed by atoms with Gasteiger partial charge in [-0.05, 0) is 66.9 Å². The molecule has 1 N–H and O–H groups in total. The fourth-order valence-electron chi connectivity index (χ4n) is 4.14. The lowest BCUT2D eigenvalue weighted by atomic mass is 9.94. The Morgan fingerprint density at radius 2 is 1.76 bits per heavy atom. The van der Waals surface area contributed by atoms with Crippen LogP contribution in [-0.4, -0.2) is 30.5 Å². The number of hydrogen-bond donors (Lipinski definition) is 1. The molecule has 3 aromatic carbocycles. The highest BCUT2D eigenvalue weighted by Gasteiger charge is 2.47. The normalized spacial score (nSPS) is 17.1. The molecule has 0 aliphatic carbocycles. The summed E-state index contributed by atoms with van der Waals surface area (Å²) in [5, 5.41) is 11.3. The van der Waals surface area contributed by atoms with Crippen LogP contribution in [0.4, 0.5) is 5.69 Å². The number of ketones is 1. The number of ether oxygens (including phenoxy) is 2. The van der Waals surface area contributed by atoms with E-state index in [0.717, 1.165) is 12.0 Å². The van der Waals surface area contributed by atoms with Crippen LogP contribution in [0.2, 0.25) is 0 Å². The van der Waals surface area contributed by atoms with Crippen molar-refractivity contribution in [2.45, 2.75) is 26.3 Å². The number of anilines is 1. The topological polar surface area (TPSA) is 76.1 Å². The summed E-state index contributed by atoms with van der Waals surface area (Å²) in [6.45, 7) is 4.49. The van der Waals surface area contributed by atoms with E-state index in [4.69, 9.17) is 9.47 Å². The Morgan fingerprint density at radius 3 is 2.44 bits per heavy atom. The molecule has 6 heteroatoms. The van der Waals surface area contributed by atoms with Crippen molar-refractivity contribution in [2.75, 3.05) is 18.6 Å². The number of carbonyl (C=O) groups excluding carboxylic acids is 2. The van der Waals surface area contributed by atoms with Crippen molar-refractivity contribution < 1.29 is 24.2 Å². The first-order valence-electron chi connectivity index (χ1n) is 11.2. The van der Waals surface area contributed by atoms with Gasteiger partial charge in [0.15, 0.2) is 0 Å². The molecule has 0 aromatic heterocycles. The SMILES string of the molecule is CCCOc1ccc(/C(O)=C2/C(=O)C(=O)N(c3ccccc3)C2c2cccc(OC)c2)cc1C. The van der Waals surface area contributed by atoms with Crippen LogP contribution in [0.1, 0.15) is 36.1 Å². The zero-order chi connectivity index (χ0) is 24.2. The van der Waals surface area contributed by atoms with Gasteiger partial charge in [0.1, 0.15) is 17.3 Å². The molecule has 6 nitrogen and oxygen atoms in total. The van der Waals surface area contributed by atoms with E-state index in [0.29, 0.717) is 34.9 Å². The standard InChI is InChI=1S/C28H27NO5/c1-4-15-34-23-14-13-20(16-18(23)2)26(30)24-25(19-9-8-12-22(17-19)33-3)29(28(32)27(24)31)21-10-6-5-7-11-21/h5-14,16-17,25,30H,4,15H2,1-3H3/b26-24-. The lowest BCUT2D eigenvalue weighted by molar-refractivity contribution is -0.132. The molecule has 1 saturated heterocycles. The Balaban J connectivity index is 1.88. The summed E-state index contributed by atoms with van der Waals surface area (Å²) >= 11 is 0. The zero-order valence-corrected chi connectivity index (χ0v) is 19.4. The van der Waals surface area contributed by atoms with E-state index in [-0.39, 0.29) is 11.3 Å². The maximum absolute atomic E-state index is 13.3. The lowest BCUT2D eigenvalue weighted by Crippen LogP contribution is -2.29. The van der Waals surface area contributed by atoms with Crippen molar-refractivity contribution in [2.24, 2.45) is 0 Å². The maximum atomic E-state index is 13.3. The number of aliphatic hydroxyl groups excluding tert-OH is 1. The molecule has 4 rings (SSSR count). The Morgan fingerprint density at radius 1 is 1.00 bits per heavy atom. The molecule has 0 radical (unpaired) electrons. The first-order valence-corrected chi connectivity index (χ1v) is 11.2. The van der Waals surface area contributed by atoms with E-state index >= 15 is 0 Å². The summed E-state index contributed by atoms with van der Waals surface area (Å²) in [4.78, 5) is 27.9. The van der Waals surface area contributed by atoms with E-state index in [2.05, 4.69) is 0 Å². The minimum Gasteiger partial charge on any atom is -0.507 e. The minimum atomic E-state index is -0.811. The highest BCUT2D eigenvalue weighted by molar-refractivity contribution is 6.51. The van der Waals surface area contributed by atoms with Gasteiger partial charge >= 0.3 is 0 Å². The predicted octanol–water partition coefficient (Wildman–Crippen LogP) is 5.42. The molecule has 0 saturated carbocycles. The highest BCUT2D eigenvalue weighted by atomic mass is 16.5. The third-order valence-electron chi connectivity index (χ3n) is 5.80. The summed E-state index contributed by atoms with van der Waals surface area (Å²) in [6, 6.07) is 20.6. The maximum Gasteiger partial charge on any atom is 0.300 e. The van der Waals surface area contributed by atoms with Crippen molar-refractivity contribution in [3.8, 4) is 11.5 Å². The molecule has 0 spiro atoms. The molecule has 0 bridgehead atoms. The number of amides is 1. The van der Waals surface area contributed by atoms with Gasteiger partial charge in [-0.15, -0.1) is 0 Å². The van der Waals surface area contributed by atoms with Crippen molar-refractivity contribution >= 4 is 23.1 Å². The van der Waals surface area contributed by atoms with E-state index in [9.17, 15) is 14.7 Å². The predicted molar refractivity (Wildman–Crippen MR) is 131 cm³/mol. The van der Waals surface area contributed by atoms with Crippen LogP contribution in [0.5, 0.6) is 11.5 Å². The van der Waals surface area contributed by atoms with Gasteiger partial charge in [-0.3, -0.25) is 14.5 Å². The molecule has 1 atom stereocenters. The molecule has 1 fully saturated rings. The highest BCUT2D eigenvalue weighted by Crippen LogP contribution is 2.43. The number of benzene rings is 3. The Kier molecular flexibility index (Phi) is 6.68. The second kappa shape index (κ2) is 9.83. The first-order chi connectivity index (χ1) is 16.5. The zero-order valence-electron chi connectivity index (χ0n) is 19.4. The minimum absolute atomic E-state index is 0.0312. The number of aliphatic hydroxyl groups is 1. The largest absolute Gasteiger partial charge is 0.507 e. The summed E-state index contributed by atoms with van der Waals surface area (Å²) < 4.78 is 11.1. The monoisotopic (exact) mass is 457 g/mol. The summed E-state index contributed by atoms with van der Waals surface area (Å²) in [7, 11) is 1.55. The van der Waals surface area contributed by atoms with Crippen LogP contribution in [0.15, 0.2) is 78.4 Å². The number of carbonyl (C=O) groups is 2. The number of aryl methyl sites for hydroxylation is 1. The van der Waals surface area contributed by atoms with Gasteiger partial charge in [0, 0.05) is 11.3 Å². The smallest absolute Gasteiger partial charge is 0.300 e. The molecular formula is C28H27NO5. The number of nitrogens with zero attached hydrogens (tertiary/aromatic N) is 1. The van der Waals surface area contributed by atoms with Crippen molar-refractivity contribution in [3.05, 3.63) is 95.1 Å². The molecule has 1 unspecified atom stereocenters. The van der Waals surface area contributed by atoms with Gasteiger partial charge in [-0.1, -0.05) is 37.3 Å². The molecule has 3 aromatic rings. The summed E-state index contributed by atoms with van der Waals surface area (Å²) in [5.41, 5.74) is 2.52. The number of Topliss-reactive ketones (excluding diaryl/α,β-unsaturated/α-hetero) is 1. The van der Waals surface area contributed by atoms with Crippen molar-refractivity contribution in [3.63, 3.8) is 0 Å². The van der Waals surface area contributed by atoms with Gasteiger partial charge in [-0.2, -0.15) is 0 Å². The Bertz CT molecular complexity index is 1250. The van der Waals surface area contributed by atoms with Gasteiger partial charge in [0.2, 0.25) is 0 Å². The lowest BCUT2D eigenvalue weighted by Gasteiger charge is -2.25. The van der Waals surface area contributed by atoms with E-state index in [1.54, 1.807) is 67.8 Å². The first kappa shape index (κ1) is 23.1. The van der Waals surface area contributed by atoms with Crippen LogP contribution in [0, 0.1) is 6.92 Å². The fourth-order valence-corrected chi connectivity index (χ4v) is 4.14. The number of hydrogen-bond acceptors (Lipinski definition) is 5. The van der Waals surface area contributed by atoms with Gasteiger partial charge in [-0.25, -0.2) is 0 Å². The van der Waals surface area contributed by atoms with Crippen LogP contribution >= 0.6 is 0 Å². The third-order valence-corrected chi connectivity index (χ3v) is 5.80. The van der Waals surface area contributed by atoms with E-state index < -0.39 is 17.7 Å². The van der Waals surface area contributed by atoms with E-state index in [1.807, 2.05) is 26.0 Å². The summed E-state index contributed by atoms with van der Waals surface area (Å²) in [5.74, 6) is -0.357. The molecule has 174 valence electrons. The third kappa shape index (κ3) is 4.27. The molecule has 1 amide bonds. The number of methoxy groups -OCH3 is 1. The number of rotatable bonds is 7. The molecule has 1 aliphatic heterocycles. The Labute approximate surface area is 199 Å². The van der Waals surface area contributed by atoms with Gasteiger partial charge in [0.25, 0.3) is 11.7 Å². The molecule has 1 heterocycles. The molecule has 1 aliphatic rings. The van der Waals surface area contributed by atoms with Crippen LogP contribution in [0.25, 0.3) is 5.76 Å². The van der Waals surface area contributed by atoms with E-state index in [1.165, 1.54) is 4.90 Å². The quantitative estimate of drug-likeness (QED) is 0.291. The van der Waals surface area contributed by atoms with Crippen LogP contribution < -0.4 is 14.4 Å². The summed E-state index contributed by atoms with van der Waals surface area (Å²) in [6.07, 6.45) is 0.880. The van der Waals surface area contributed by atoms with Crippen LogP contribution in [-0.2, 0) is 9.59 Å². The second-order valence-corrected chi connectivity index (χ2v) is 8.11. The average molecular weight is 458 g/mol. The second-order valence-electron chi connectivity index (χ2n) is 8.11. The average Bonchev–Trinajstić information content (AvgIpc) is 3.13. The molecule has 34 heavy (non-hydrogen) atoms. The Hall–Kier alpha value is -4.06. The van der Waals surface area contributed by atoms with Crippen molar-refractivity contribution in [1.29, 1.82) is 0 Å². The van der Waals surface area contributed by atoms with Gasteiger partial charge < -0.3 is 14.6 Å². The molecular weight excluding hydrogens is 430 g/mol. The van der Waals surface area contributed by atoms with Crippen molar-refractivity contribution in [1.82, 2.24) is 0 Å². The number of para-hydroxylation sites is 1.